The number of nitrogens with one attached hydrogen (secondary N) is 4. The van der Waals surface area contributed by atoms with Crippen molar-refractivity contribution in [2.24, 2.45) is 0 Å². The van der Waals surface area contributed by atoms with E-state index < -0.39 is 29.7 Å². The average molecular weight is 809 g/mol. The second-order valence-electron chi connectivity index (χ2n) is 14.4. The van der Waals surface area contributed by atoms with Crippen molar-refractivity contribution in [3.05, 3.63) is 78.4 Å². The van der Waals surface area contributed by atoms with Crippen LogP contribution in [0.15, 0.2) is 65.9 Å². The minimum Gasteiger partial charge on any atom is -0.467 e. The van der Waals surface area contributed by atoms with Crippen molar-refractivity contribution in [3.63, 3.8) is 0 Å². The second-order valence-corrected chi connectivity index (χ2v) is 14.4. The number of rotatable bonds is 18. The van der Waals surface area contributed by atoms with Gasteiger partial charge in [0, 0.05) is 61.8 Å². The van der Waals surface area contributed by atoms with E-state index in [4.69, 9.17) is 13.9 Å². The minimum absolute atomic E-state index is 0.0435. The summed E-state index contributed by atoms with van der Waals surface area (Å²) in [4.78, 5) is 70.0. The molecule has 7 heterocycles. The van der Waals surface area contributed by atoms with Crippen LogP contribution in [0.5, 0.6) is 0 Å². The number of hydrogen-bond acceptors (Lipinski definition) is 15. The SMILES string of the molecule is O=C(CNc1ccc2c(c1)C(=O)N(C1CCC(=O)NC1=O)C2=O)NCCOCCOCCN1CCC(n2cc(-c3cnc(NCc4ccco4)n4cnnc34)cn2)CC1. The van der Waals surface area contributed by atoms with E-state index in [2.05, 4.69) is 52.6 Å². The highest BCUT2D eigenvalue weighted by atomic mass is 16.5. The van der Waals surface area contributed by atoms with Crippen LogP contribution in [-0.4, -0.2) is 134 Å². The van der Waals surface area contributed by atoms with Crippen LogP contribution in [0.2, 0.25) is 0 Å². The van der Waals surface area contributed by atoms with E-state index in [0.717, 1.165) is 54.3 Å². The Kier molecular flexibility index (Phi) is 12.0. The molecule has 0 saturated carbocycles. The van der Waals surface area contributed by atoms with Crippen LogP contribution in [-0.2, 0) is 30.4 Å². The number of piperidine rings is 2. The molecular formula is C39H44N12O8. The molecule has 0 aliphatic carbocycles. The molecule has 59 heavy (non-hydrogen) atoms. The highest BCUT2D eigenvalue weighted by Crippen LogP contribution is 2.30. The van der Waals surface area contributed by atoms with Gasteiger partial charge in [0.25, 0.3) is 11.8 Å². The summed E-state index contributed by atoms with van der Waals surface area (Å²) in [6.07, 6.45) is 11.0. The third-order valence-corrected chi connectivity index (χ3v) is 10.6. The molecular weight excluding hydrogens is 765 g/mol. The number of nitrogens with zero attached hydrogens (tertiary/aromatic N) is 8. The molecule has 2 saturated heterocycles. The van der Waals surface area contributed by atoms with Crippen molar-refractivity contribution in [2.75, 3.05) is 69.8 Å². The summed E-state index contributed by atoms with van der Waals surface area (Å²) >= 11 is 0. The van der Waals surface area contributed by atoms with E-state index in [-0.39, 0.29) is 36.4 Å². The smallest absolute Gasteiger partial charge is 0.262 e. The van der Waals surface area contributed by atoms with E-state index in [9.17, 15) is 24.0 Å². The maximum absolute atomic E-state index is 13.0. The highest BCUT2D eigenvalue weighted by Gasteiger charge is 2.44. The number of carbonyl (C=O) groups is 5. The van der Waals surface area contributed by atoms with Crippen molar-refractivity contribution in [2.45, 2.75) is 44.3 Å². The first-order chi connectivity index (χ1) is 28.8. The van der Waals surface area contributed by atoms with Crippen molar-refractivity contribution in [1.82, 2.24) is 49.8 Å². The van der Waals surface area contributed by atoms with Gasteiger partial charge in [0.1, 0.15) is 18.1 Å². The molecule has 1 unspecified atom stereocenters. The van der Waals surface area contributed by atoms with Crippen molar-refractivity contribution in [1.29, 1.82) is 0 Å². The Hall–Kier alpha value is -6.51. The van der Waals surface area contributed by atoms with E-state index in [1.165, 1.54) is 12.1 Å². The Morgan fingerprint density at radius 1 is 0.932 bits per heavy atom. The summed E-state index contributed by atoms with van der Waals surface area (Å²) in [6.45, 7) is 5.19. The van der Waals surface area contributed by atoms with Crippen LogP contribution < -0.4 is 21.3 Å². The third-order valence-electron chi connectivity index (χ3n) is 10.6. The van der Waals surface area contributed by atoms with Crippen molar-refractivity contribution in [3.8, 4) is 11.1 Å². The summed E-state index contributed by atoms with van der Waals surface area (Å²) in [5.41, 5.74) is 3.24. The number of amides is 5. The van der Waals surface area contributed by atoms with Crippen molar-refractivity contribution >= 4 is 46.8 Å². The molecule has 4 N–H and O–H groups in total. The first-order valence-corrected chi connectivity index (χ1v) is 19.6. The number of aromatic nitrogens is 6. The van der Waals surface area contributed by atoms with E-state index in [0.29, 0.717) is 62.8 Å². The zero-order valence-corrected chi connectivity index (χ0v) is 32.2. The zero-order chi connectivity index (χ0) is 40.7. The molecule has 2 fully saturated rings. The number of furan rings is 1. The molecule has 3 aliphatic rings. The van der Waals surface area contributed by atoms with Gasteiger partial charge in [0.15, 0.2) is 5.65 Å². The number of benzene rings is 1. The molecule has 1 atom stereocenters. The van der Waals surface area contributed by atoms with Gasteiger partial charge >= 0.3 is 0 Å². The number of anilines is 2. The number of hydrogen-bond donors (Lipinski definition) is 4. The Bertz CT molecular complexity index is 2320. The van der Waals surface area contributed by atoms with Crippen LogP contribution in [0.25, 0.3) is 16.8 Å². The Labute approximate surface area is 337 Å². The molecule has 5 amide bonds. The molecule has 0 radical (unpaired) electrons. The molecule has 20 nitrogen and oxygen atoms in total. The van der Waals surface area contributed by atoms with Crippen LogP contribution in [0.3, 0.4) is 0 Å². The molecule has 0 bridgehead atoms. The second kappa shape index (κ2) is 18.0. The Morgan fingerprint density at radius 2 is 1.76 bits per heavy atom. The maximum atomic E-state index is 13.0. The summed E-state index contributed by atoms with van der Waals surface area (Å²) in [5, 5.41) is 24.3. The lowest BCUT2D eigenvalue weighted by molar-refractivity contribution is -0.136. The molecule has 5 aromatic rings. The van der Waals surface area contributed by atoms with Crippen LogP contribution >= 0.6 is 0 Å². The van der Waals surface area contributed by atoms with Crippen LogP contribution in [0.4, 0.5) is 11.6 Å². The zero-order valence-electron chi connectivity index (χ0n) is 32.2. The number of fused-ring (bicyclic) bond motifs is 2. The van der Waals surface area contributed by atoms with Crippen LogP contribution in [0, 0.1) is 0 Å². The lowest BCUT2D eigenvalue weighted by atomic mass is 10.0. The van der Waals surface area contributed by atoms with E-state index in [1.54, 1.807) is 24.9 Å². The number of carbonyl (C=O) groups excluding carboxylic acids is 5. The average Bonchev–Trinajstić information content (AvgIpc) is 4.08. The van der Waals surface area contributed by atoms with E-state index >= 15 is 0 Å². The molecule has 308 valence electrons. The van der Waals surface area contributed by atoms with Crippen molar-refractivity contribution < 1.29 is 37.9 Å². The fourth-order valence-electron chi connectivity index (χ4n) is 7.42. The molecule has 1 aromatic carbocycles. The Morgan fingerprint density at radius 3 is 2.58 bits per heavy atom. The molecule has 8 rings (SSSR count). The van der Waals surface area contributed by atoms with Gasteiger partial charge in [0.2, 0.25) is 23.7 Å². The summed E-state index contributed by atoms with van der Waals surface area (Å²) in [5.74, 6) is -1.16. The van der Waals surface area contributed by atoms with Gasteiger partial charge in [-0.15, -0.1) is 10.2 Å². The van der Waals surface area contributed by atoms with Gasteiger partial charge in [-0.25, -0.2) is 4.98 Å². The van der Waals surface area contributed by atoms with Gasteiger partial charge in [0.05, 0.1) is 69.1 Å². The quantitative estimate of drug-likeness (QED) is 0.0726. The number of ether oxygens (including phenoxy) is 2. The Balaban J connectivity index is 0.676. The lowest BCUT2D eigenvalue weighted by Gasteiger charge is -2.31. The minimum atomic E-state index is -1.04. The maximum Gasteiger partial charge on any atom is 0.262 e. The summed E-state index contributed by atoms with van der Waals surface area (Å²) in [6, 6.07) is 7.55. The van der Waals surface area contributed by atoms with E-state index in [1.807, 2.05) is 27.4 Å². The van der Waals surface area contributed by atoms with Gasteiger partial charge in [-0.05, 0) is 49.6 Å². The normalized spacial score (nSPS) is 17.4. The molecule has 3 aliphatic heterocycles. The standard InChI is InChI=1S/C39H44N12O8/c52-33-6-5-32(36(54)46-33)51-37(55)29-4-3-26(18-30(29)38(51)56)41-22-34(53)40-9-14-57-16-17-58-15-12-48-10-7-27(8-11-48)50-23-25(19-45-50)31-21-43-39(49-24-44-47-35(31)49)42-20-28-2-1-13-59-28/h1-4,13,18-19,21,23-24,27,32,41H,5-12,14-17,20,22H2,(H,40,53)(H,42,43)(H,46,52,54). The first-order valence-electron chi connectivity index (χ1n) is 19.6. The lowest BCUT2D eigenvalue weighted by Crippen LogP contribution is -2.54. The van der Waals surface area contributed by atoms with Gasteiger partial charge in [-0.2, -0.15) is 5.10 Å². The van der Waals surface area contributed by atoms with Gasteiger partial charge < -0.3 is 34.7 Å². The fourth-order valence-corrected chi connectivity index (χ4v) is 7.42. The topological polar surface area (TPSA) is 232 Å². The largest absolute Gasteiger partial charge is 0.467 e. The summed E-state index contributed by atoms with van der Waals surface area (Å²) < 4.78 is 20.7. The van der Waals surface area contributed by atoms with Crippen LogP contribution in [0.1, 0.15) is 58.2 Å². The molecule has 4 aromatic heterocycles. The predicted octanol–water partition coefficient (Wildman–Crippen LogP) is 1.49. The number of imide groups is 2. The monoisotopic (exact) mass is 808 g/mol. The third kappa shape index (κ3) is 8.98. The fraction of sp³-hybridized carbons (Fsp3) is 0.410. The predicted molar refractivity (Wildman–Crippen MR) is 209 cm³/mol. The molecule has 20 heteroatoms. The summed E-state index contributed by atoms with van der Waals surface area (Å²) in [7, 11) is 0. The highest BCUT2D eigenvalue weighted by molar-refractivity contribution is 6.23. The molecule has 0 spiro atoms. The van der Waals surface area contributed by atoms with Gasteiger partial charge in [-0.1, -0.05) is 0 Å². The van der Waals surface area contributed by atoms with Gasteiger partial charge in [-0.3, -0.25) is 43.3 Å². The first kappa shape index (κ1) is 39.3. The number of likely N-dealkylation sites (tertiary alicyclic amines) is 1.